The molecule has 2 rings (SSSR count). The molecule has 8 heteroatoms. The molecule has 0 radical (unpaired) electrons. The van der Waals surface area contributed by atoms with Crippen LogP contribution in [0.1, 0.15) is 39.2 Å². The molecule has 1 aliphatic heterocycles. The molecule has 156 valence electrons. The minimum Gasteiger partial charge on any atom is -0.444 e. The average molecular weight is 430 g/mol. The summed E-state index contributed by atoms with van der Waals surface area (Å²) in [6, 6.07) is 5.50. The molecule has 0 spiro atoms. The third-order valence-electron chi connectivity index (χ3n) is 4.38. The Hall–Kier alpha value is -1.50. The Morgan fingerprint density at radius 2 is 1.93 bits per heavy atom. The number of alkyl carbamates (subject to hydrolysis) is 1. The summed E-state index contributed by atoms with van der Waals surface area (Å²) < 4.78 is 5.16. The molecule has 1 unspecified atom stereocenters. The van der Waals surface area contributed by atoms with Gasteiger partial charge in [-0.15, -0.1) is 0 Å². The zero-order valence-corrected chi connectivity index (χ0v) is 18.2. The van der Waals surface area contributed by atoms with E-state index in [0.29, 0.717) is 36.2 Å². The average Bonchev–Trinajstić information content (AvgIpc) is 2.60. The summed E-state index contributed by atoms with van der Waals surface area (Å²) in [6.45, 7) is 8.43. The van der Waals surface area contributed by atoms with Gasteiger partial charge in [-0.05, 0) is 57.9 Å². The molecule has 0 aromatic heterocycles. The predicted octanol–water partition coefficient (Wildman–Crippen LogP) is 3.85. The SMILES string of the molecule is CC(C)(C)OC(=O)NCCNC(=O)C1CCCN(Cc2ccc(Cl)cc2Cl)C1. The number of hydrogen-bond acceptors (Lipinski definition) is 4. The van der Waals surface area contributed by atoms with Crippen LogP contribution in [-0.4, -0.2) is 48.7 Å². The summed E-state index contributed by atoms with van der Waals surface area (Å²) in [5, 5.41) is 6.79. The number of carbonyl (C=O) groups excluding carboxylic acids is 2. The lowest BCUT2D eigenvalue weighted by molar-refractivity contribution is -0.126. The molecule has 28 heavy (non-hydrogen) atoms. The molecule has 1 fully saturated rings. The van der Waals surface area contributed by atoms with Gasteiger partial charge in [0.25, 0.3) is 0 Å². The number of benzene rings is 1. The van der Waals surface area contributed by atoms with Crippen molar-refractivity contribution in [3.63, 3.8) is 0 Å². The van der Waals surface area contributed by atoms with Crippen LogP contribution in [0.25, 0.3) is 0 Å². The van der Waals surface area contributed by atoms with Crippen LogP contribution in [0.5, 0.6) is 0 Å². The molecule has 2 amide bonds. The topological polar surface area (TPSA) is 70.7 Å². The van der Waals surface area contributed by atoms with Crippen molar-refractivity contribution in [2.45, 2.75) is 45.8 Å². The normalized spacial score (nSPS) is 17.8. The minimum absolute atomic E-state index is 0.0119. The number of amides is 2. The number of piperidine rings is 1. The molecule has 6 nitrogen and oxygen atoms in total. The first-order valence-corrected chi connectivity index (χ1v) is 10.3. The molecule has 0 aliphatic carbocycles. The number of carbonyl (C=O) groups is 2. The molecular weight excluding hydrogens is 401 g/mol. The van der Waals surface area contributed by atoms with Crippen molar-refractivity contribution in [2.24, 2.45) is 5.92 Å². The Kier molecular flexibility index (Phi) is 8.40. The van der Waals surface area contributed by atoms with Gasteiger partial charge in [0, 0.05) is 36.2 Å². The van der Waals surface area contributed by atoms with Crippen molar-refractivity contribution in [3.05, 3.63) is 33.8 Å². The first-order valence-electron chi connectivity index (χ1n) is 9.55. The van der Waals surface area contributed by atoms with Gasteiger partial charge in [-0.3, -0.25) is 9.69 Å². The second kappa shape index (κ2) is 10.3. The van der Waals surface area contributed by atoms with Crippen LogP contribution in [0, 0.1) is 5.92 Å². The third kappa shape index (κ3) is 7.86. The van der Waals surface area contributed by atoms with Gasteiger partial charge < -0.3 is 15.4 Å². The van der Waals surface area contributed by atoms with Crippen LogP contribution >= 0.6 is 23.2 Å². The molecule has 1 atom stereocenters. The highest BCUT2D eigenvalue weighted by Crippen LogP contribution is 2.25. The number of likely N-dealkylation sites (tertiary alicyclic amines) is 1. The van der Waals surface area contributed by atoms with Crippen molar-refractivity contribution in [2.75, 3.05) is 26.2 Å². The van der Waals surface area contributed by atoms with Crippen molar-refractivity contribution in [1.82, 2.24) is 15.5 Å². The summed E-state index contributed by atoms with van der Waals surface area (Å²) in [7, 11) is 0. The van der Waals surface area contributed by atoms with Crippen molar-refractivity contribution in [1.29, 1.82) is 0 Å². The quantitative estimate of drug-likeness (QED) is 0.673. The van der Waals surface area contributed by atoms with E-state index in [2.05, 4.69) is 15.5 Å². The molecule has 0 saturated carbocycles. The number of rotatable bonds is 6. The van der Waals surface area contributed by atoms with Gasteiger partial charge in [-0.25, -0.2) is 4.79 Å². The highest BCUT2D eigenvalue weighted by molar-refractivity contribution is 6.35. The van der Waals surface area contributed by atoms with Crippen LogP contribution in [0.2, 0.25) is 10.0 Å². The third-order valence-corrected chi connectivity index (χ3v) is 4.96. The molecule has 1 heterocycles. The van der Waals surface area contributed by atoms with E-state index in [1.165, 1.54) is 0 Å². The van der Waals surface area contributed by atoms with E-state index in [-0.39, 0.29) is 11.8 Å². The smallest absolute Gasteiger partial charge is 0.407 e. The fourth-order valence-electron chi connectivity index (χ4n) is 3.11. The van der Waals surface area contributed by atoms with Gasteiger partial charge in [0.05, 0.1) is 5.92 Å². The number of nitrogens with one attached hydrogen (secondary N) is 2. The number of hydrogen-bond donors (Lipinski definition) is 2. The predicted molar refractivity (Wildman–Crippen MR) is 112 cm³/mol. The first-order chi connectivity index (χ1) is 13.1. The van der Waals surface area contributed by atoms with E-state index in [4.69, 9.17) is 27.9 Å². The highest BCUT2D eigenvalue weighted by atomic mass is 35.5. The number of nitrogens with zero attached hydrogens (tertiary/aromatic N) is 1. The minimum atomic E-state index is -0.536. The fraction of sp³-hybridized carbons (Fsp3) is 0.600. The Morgan fingerprint density at radius 1 is 1.21 bits per heavy atom. The maximum Gasteiger partial charge on any atom is 0.407 e. The molecule has 1 aromatic rings. The Labute approximate surface area is 176 Å². The summed E-state index contributed by atoms with van der Waals surface area (Å²) >= 11 is 12.2. The standard InChI is InChI=1S/C20H29Cl2N3O3/c1-20(2,3)28-19(27)24-9-8-23-18(26)15-5-4-10-25(13-15)12-14-6-7-16(21)11-17(14)22/h6-7,11,15H,4-5,8-10,12-13H2,1-3H3,(H,23,26)(H,24,27). The monoisotopic (exact) mass is 429 g/mol. The van der Waals surface area contributed by atoms with Crippen LogP contribution < -0.4 is 10.6 Å². The van der Waals surface area contributed by atoms with Crippen molar-refractivity contribution in [3.8, 4) is 0 Å². The summed E-state index contributed by atoms with van der Waals surface area (Å²) in [6.07, 6.45) is 1.33. The maximum atomic E-state index is 12.5. The lowest BCUT2D eigenvalue weighted by Gasteiger charge is -2.32. The summed E-state index contributed by atoms with van der Waals surface area (Å²) in [5.41, 5.74) is 0.472. The van der Waals surface area contributed by atoms with E-state index in [1.54, 1.807) is 26.8 Å². The zero-order chi connectivity index (χ0) is 20.7. The Balaban J connectivity index is 1.74. The maximum absolute atomic E-state index is 12.5. The van der Waals surface area contributed by atoms with Crippen LogP contribution in [0.3, 0.4) is 0 Å². The van der Waals surface area contributed by atoms with Crippen LogP contribution in [-0.2, 0) is 16.1 Å². The molecule has 1 aromatic carbocycles. The van der Waals surface area contributed by atoms with Crippen molar-refractivity contribution >= 4 is 35.2 Å². The molecular formula is C20H29Cl2N3O3. The van der Waals surface area contributed by atoms with Gasteiger partial charge >= 0.3 is 6.09 Å². The lowest BCUT2D eigenvalue weighted by atomic mass is 9.96. The number of halogens is 2. The fourth-order valence-corrected chi connectivity index (χ4v) is 3.58. The Morgan fingerprint density at radius 3 is 2.61 bits per heavy atom. The van der Waals surface area contributed by atoms with E-state index < -0.39 is 11.7 Å². The highest BCUT2D eigenvalue weighted by Gasteiger charge is 2.26. The van der Waals surface area contributed by atoms with Gasteiger partial charge in [0.1, 0.15) is 5.60 Å². The first kappa shape index (κ1) is 22.8. The van der Waals surface area contributed by atoms with E-state index in [9.17, 15) is 9.59 Å². The van der Waals surface area contributed by atoms with Gasteiger partial charge in [0.15, 0.2) is 0 Å². The van der Waals surface area contributed by atoms with E-state index >= 15 is 0 Å². The van der Waals surface area contributed by atoms with Gasteiger partial charge in [-0.2, -0.15) is 0 Å². The van der Waals surface area contributed by atoms with Gasteiger partial charge in [0.2, 0.25) is 5.91 Å². The van der Waals surface area contributed by atoms with Gasteiger partial charge in [-0.1, -0.05) is 29.3 Å². The van der Waals surface area contributed by atoms with E-state index in [1.807, 2.05) is 12.1 Å². The van der Waals surface area contributed by atoms with Crippen LogP contribution in [0.4, 0.5) is 4.79 Å². The summed E-state index contributed by atoms with van der Waals surface area (Å²) in [4.78, 5) is 26.3. The van der Waals surface area contributed by atoms with E-state index in [0.717, 1.165) is 24.9 Å². The zero-order valence-electron chi connectivity index (χ0n) is 16.7. The summed E-state index contributed by atoms with van der Waals surface area (Å²) in [5.74, 6) is -0.0563. The lowest BCUT2D eigenvalue weighted by Crippen LogP contribution is -2.44. The molecule has 1 aliphatic rings. The second-order valence-electron chi connectivity index (χ2n) is 8.03. The Bertz CT molecular complexity index is 692. The number of ether oxygens (including phenoxy) is 1. The molecule has 1 saturated heterocycles. The molecule has 0 bridgehead atoms. The largest absolute Gasteiger partial charge is 0.444 e. The van der Waals surface area contributed by atoms with Crippen LogP contribution in [0.15, 0.2) is 18.2 Å². The van der Waals surface area contributed by atoms with Crippen molar-refractivity contribution < 1.29 is 14.3 Å². The second-order valence-corrected chi connectivity index (χ2v) is 8.87. The molecule has 2 N–H and O–H groups in total.